The van der Waals surface area contributed by atoms with Crippen LogP contribution in [0.15, 0.2) is 11.6 Å². The molecule has 0 radical (unpaired) electrons. The first-order valence-electron chi connectivity index (χ1n) is 6.27. The van der Waals surface area contributed by atoms with Gasteiger partial charge in [-0.3, -0.25) is 0 Å². The third kappa shape index (κ3) is 2.16. The molecule has 2 aliphatic carbocycles. The van der Waals surface area contributed by atoms with Gasteiger partial charge in [-0.1, -0.05) is 25.5 Å². The average Bonchev–Trinajstić information content (AvgIpc) is 2.52. The van der Waals surface area contributed by atoms with Crippen LogP contribution < -0.4 is 0 Å². The van der Waals surface area contributed by atoms with E-state index in [1.165, 1.54) is 25.7 Å². The molecule has 2 unspecified atom stereocenters. The van der Waals surface area contributed by atoms with Crippen molar-refractivity contribution in [2.24, 2.45) is 17.3 Å². The van der Waals surface area contributed by atoms with E-state index >= 15 is 0 Å². The fraction of sp³-hybridized carbons (Fsp3) is 0.786. The lowest BCUT2D eigenvalue weighted by molar-refractivity contribution is -0.107. The molecule has 0 bridgehead atoms. The van der Waals surface area contributed by atoms with Crippen molar-refractivity contribution < 1.29 is 4.79 Å². The lowest BCUT2D eigenvalue weighted by Crippen LogP contribution is -2.23. The van der Waals surface area contributed by atoms with Crippen LogP contribution in [0.4, 0.5) is 0 Å². The van der Waals surface area contributed by atoms with Crippen LogP contribution in [0.2, 0.25) is 0 Å². The van der Waals surface area contributed by atoms with Gasteiger partial charge in [0.1, 0.15) is 6.29 Å². The summed E-state index contributed by atoms with van der Waals surface area (Å²) in [6.45, 7) is 4.80. The smallest absolute Gasteiger partial charge is 0.120 e. The van der Waals surface area contributed by atoms with E-state index in [0.717, 1.165) is 24.5 Å². The van der Waals surface area contributed by atoms with Crippen LogP contribution in [0.3, 0.4) is 0 Å². The third-order valence-electron chi connectivity index (χ3n) is 4.40. The van der Waals surface area contributed by atoms with Crippen molar-refractivity contribution in [3.63, 3.8) is 0 Å². The molecule has 1 heteroatoms. The Hall–Kier alpha value is -0.590. The highest BCUT2D eigenvalue weighted by atomic mass is 16.1. The summed E-state index contributed by atoms with van der Waals surface area (Å²) in [5.41, 5.74) is 2.04. The van der Waals surface area contributed by atoms with E-state index in [9.17, 15) is 4.79 Å². The number of hydrogen-bond acceptors (Lipinski definition) is 1. The SMILES string of the molecule is CC1(C)CCC2CCC(CCC=O)=CC21. The minimum Gasteiger partial charge on any atom is -0.303 e. The Labute approximate surface area is 92.9 Å². The second-order valence-electron chi connectivity index (χ2n) is 5.88. The van der Waals surface area contributed by atoms with Crippen LogP contribution in [0.1, 0.15) is 52.4 Å². The van der Waals surface area contributed by atoms with Crippen molar-refractivity contribution in [2.75, 3.05) is 0 Å². The molecule has 1 nitrogen and oxygen atoms in total. The number of fused-ring (bicyclic) bond motifs is 1. The van der Waals surface area contributed by atoms with Gasteiger partial charge >= 0.3 is 0 Å². The van der Waals surface area contributed by atoms with E-state index < -0.39 is 0 Å². The number of allylic oxidation sites excluding steroid dienone is 2. The van der Waals surface area contributed by atoms with Crippen LogP contribution in [-0.2, 0) is 4.79 Å². The quantitative estimate of drug-likeness (QED) is 0.508. The molecule has 1 fully saturated rings. The zero-order chi connectivity index (χ0) is 10.9. The third-order valence-corrected chi connectivity index (χ3v) is 4.40. The molecule has 2 atom stereocenters. The summed E-state index contributed by atoms with van der Waals surface area (Å²) in [7, 11) is 0. The fourth-order valence-corrected chi connectivity index (χ4v) is 3.39. The molecule has 1 saturated carbocycles. The van der Waals surface area contributed by atoms with Gasteiger partial charge in [0.05, 0.1) is 0 Å². The predicted octanol–water partition coefficient (Wildman–Crippen LogP) is 3.74. The molecule has 0 spiro atoms. The Bertz CT molecular complexity index is 275. The summed E-state index contributed by atoms with van der Waals surface area (Å²) in [5.74, 6) is 1.72. The molecule has 0 aliphatic heterocycles. The highest BCUT2D eigenvalue weighted by Gasteiger charge is 2.41. The molecule has 0 aromatic heterocycles. The molecular formula is C14H22O. The van der Waals surface area contributed by atoms with E-state index in [-0.39, 0.29) is 0 Å². The maximum absolute atomic E-state index is 10.4. The summed E-state index contributed by atoms with van der Waals surface area (Å²) in [6, 6.07) is 0. The second-order valence-corrected chi connectivity index (χ2v) is 5.88. The van der Waals surface area contributed by atoms with Crippen molar-refractivity contribution in [1.82, 2.24) is 0 Å². The van der Waals surface area contributed by atoms with E-state index in [1.807, 2.05) is 0 Å². The molecule has 0 N–H and O–H groups in total. The van der Waals surface area contributed by atoms with Crippen molar-refractivity contribution in [1.29, 1.82) is 0 Å². The number of rotatable bonds is 3. The Morgan fingerprint density at radius 3 is 3.00 bits per heavy atom. The monoisotopic (exact) mass is 206 g/mol. The summed E-state index contributed by atoms with van der Waals surface area (Å²) >= 11 is 0. The van der Waals surface area contributed by atoms with Gasteiger partial charge in [-0.2, -0.15) is 0 Å². The lowest BCUT2D eigenvalue weighted by Gasteiger charge is -2.32. The van der Waals surface area contributed by atoms with Gasteiger partial charge in [-0.25, -0.2) is 0 Å². The number of aldehydes is 1. The maximum Gasteiger partial charge on any atom is 0.120 e. The average molecular weight is 206 g/mol. The molecule has 0 amide bonds. The summed E-state index contributed by atoms with van der Waals surface area (Å²) < 4.78 is 0. The van der Waals surface area contributed by atoms with Gasteiger partial charge in [0.25, 0.3) is 0 Å². The van der Waals surface area contributed by atoms with E-state index in [0.29, 0.717) is 11.8 Å². The highest BCUT2D eigenvalue weighted by Crippen LogP contribution is 2.51. The minimum absolute atomic E-state index is 0.498. The minimum atomic E-state index is 0.498. The molecule has 15 heavy (non-hydrogen) atoms. The van der Waals surface area contributed by atoms with Crippen molar-refractivity contribution in [3.05, 3.63) is 11.6 Å². The highest BCUT2D eigenvalue weighted by molar-refractivity contribution is 5.49. The largest absolute Gasteiger partial charge is 0.303 e. The van der Waals surface area contributed by atoms with Crippen molar-refractivity contribution >= 4 is 6.29 Å². The molecule has 0 saturated heterocycles. The van der Waals surface area contributed by atoms with Crippen molar-refractivity contribution in [3.8, 4) is 0 Å². The normalized spacial score (nSPS) is 33.3. The maximum atomic E-state index is 10.4. The van der Waals surface area contributed by atoms with Gasteiger partial charge in [0, 0.05) is 6.42 Å². The lowest BCUT2D eigenvalue weighted by atomic mass is 9.73. The first kappa shape index (κ1) is 10.9. The van der Waals surface area contributed by atoms with Crippen molar-refractivity contribution in [2.45, 2.75) is 52.4 Å². The first-order valence-corrected chi connectivity index (χ1v) is 6.27. The Balaban J connectivity index is 2.08. The Morgan fingerprint density at radius 2 is 2.27 bits per heavy atom. The molecule has 2 rings (SSSR count). The topological polar surface area (TPSA) is 17.1 Å². The summed E-state index contributed by atoms with van der Waals surface area (Å²) in [5, 5.41) is 0. The molecule has 0 heterocycles. The molecule has 0 aromatic rings. The summed E-state index contributed by atoms with van der Waals surface area (Å²) in [4.78, 5) is 10.4. The first-order chi connectivity index (χ1) is 7.13. The zero-order valence-corrected chi connectivity index (χ0v) is 9.96. The van der Waals surface area contributed by atoms with Crippen LogP contribution in [0.25, 0.3) is 0 Å². The zero-order valence-electron chi connectivity index (χ0n) is 9.96. The predicted molar refractivity (Wildman–Crippen MR) is 62.6 cm³/mol. The van der Waals surface area contributed by atoms with E-state index in [2.05, 4.69) is 19.9 Å². The van der Waals surface area contributed by atoms with Crippen LogP contribution in [0, 0.1) is 17.3 Å². The number of carbonyl (C=O) groups excluding carboxylic acids is 1. The van der Waals surface area contributed by atoms with Gasteiger partial charge < -0.3 is 4.79 Å². The Kier molecular flexibility index (Phi) is 2.99. The molecule has 0 aromatic carbocycles. The van der Waals surface area contributed by atoms with Crippen LogP contribution in [-0.4, -0.2) is 6.29 Å². The van der Waals surface area contributed by atoms with E-state index in [1.54, 1.807) is 5.57 Å². The molecular weight excluding hydrogens is 184 g/mol. The van der Waals surface area contributed by atoms with Gasteiger partial charge in [-0.05, 0) is 49.4 Å². The van der Waals surface area contributed by atoms with Crippen LogP contribution in [0.5, 0.6) is 0 Å². The molecule has 84 valence electrons. The standard InChI is InChI=1S/C14H22O/c1-14(2)8-7-12-6-5-11(4-3-9-15)10-13(12)14/h9-10,12-13H,3-8H2,1-2H3. The van der Waals surface area contributed by atoms with E-state index in [4.69, 9.17) is 0 Å². The Morgan fingerprint density at radius 1 is 1.47 bits per heavy atom. The van der Waals surface area contributed by atoms with Gasteiger partial charge in [0.15, 0.2) is 0 Å². The van der Waals surface area contributed by atoms with Gasteiger partial charge in [0.2, 0.25) is 0 Å². The van der Waals surface area contributed by atoms with Gasteiger partial charge in [-0.15, -0.1) is 0 Å². The number of carbonyl (C=O) groups is 1. The van der Waals surface area contributed by atoms with Crippen LogP contribution >= 0.6 is 0 Å². The molecule has 2 aliphatic rings. The fourth-order valence-electron chi connectivity index (χ4n) is 3.39. The number of hydrogen-bond donors (Lipinski definition) is 0. The second kappa shape index (κ2) is 4.11. The summed E-state index contributed by atoms with van der Waals surface area (Å²) in [6.07, 6.45) is 10.7.